The van der Waals surface area contributed by atoms with Crippen molar-refractivity contribution in [2.24, 2.45) is 0 Å². The molecule has 0 saturated heterocycles. The van der Waals surface area contributed by atoms with E-state index >= 15 is 0 Å². The molecule has 146 valence electrons. The van der Waals surface area contributed by atoms with Crippen LogP contribution in [0.1, 0.15) is 29.7 Å². The van der Waals surface area contributed by atoms with Gasteiger partial charge in [0.05, 0.1) is 17.5 Å². The third-order valence-corrected chi connectivity index (χ3v) is 5.26. The highest BCUT2D eigenvalue weighted by atomic mass is 32.2. The van der Waals surface area contributed by atoms with Crippen LogP contribution in [-0.4, -0.2) is 33.9 Å². The zero-order chi connectivity index (χ0) is 20.0. The number of aryl methyl sites for hydroxylation is 2. The Balaban J connectivity index is 1.78. The molecule has 27 heavy (non-hydrogen) atoms. The second-order valence-electron chi connectivity index (χ2n) is 6.58. The van der Waals surface area contributed by atoms with E-state index in [1.807, 2.05) is 39.0 Å². The van der Waals surface area contributed by atoms with E-state index in [0.717, 1.165) is 23.1 Å². The van der Waals surface area contributed by atoms with Crippen LogP contribution in [0.3, 0.4) is 0 Å². The summed E-state index contributed by atoms with van der Waals surface area (Å²) in [5, 5.41) is 5.57. The van der Waals surface area contributed by atoms with Crippen LogP contribution in [0.5, 0.6) is 5.75 Å². The molecule has 0 saturated carbocycles. The maximum atomic E-state index is 12.0. The number of rotatable bonds is 7. The summed E-state index contributed by atoms with van der Waals surface area (Å²) in [6, 6.07) is 11.9. The molecular weight excluding hydrogens is 364 g/mol. The van der Waals surface area contributed by atoms with E-state index in [-0.39, 0.29) is 17.0 Å². The molecule has 6 nitrogen and oxygen atoms in total. The topological polar surface area (TPSA) is 84.5 Å². The maximum absolute atomic E-state index is 12.0. The number of benzene rings is 2. The number of hydrogen-bond donors (Lipinski definition) is 2. The number of nitrogens with one attached hydrogen (secondary N) is 2. The van der Waals surface area contributed by atoms with Gasteiger partial charge < -0.3 is 15.4 Å². The van der Waals surface area contributed by atoms with Gasteiger partial charge in [0.15, 0.2) is 9.84 Å². The highest BCUT2D eigenvalue weighted by Gasteiger charge is 2.11. The molecular formula is C20H26N2O4S. The summed E-state index contributed by atoms with van der Waals surface area (Å²) in [5.74, 6) is 0.808. The van der Waals surface area contributed by atoms with Gasteiger partial charge in [-0.15, -0.1) is 0 Å². The van der Waals surface area contributed by atoms with Crippen molar-refractivity contribution in [1.29, 1.82) is 0 Å². The average Bonchev–Trinajstić information content (AvgIpc) is 2.59. The quantitative estimate of drug-likeness (QED) is 0.712. The Morgan fingerprint density at radius 1 is 1.11 bits per heavy atom. The van der Waals surface area contributed by atoms with Gasteiger partial charge in [0, 0.05) is 6.26 Å². The number of amides is 2. The fourth-order valence-electron chi connectivity index (χ4n) is 2.62. The molecule has 0 bridgehead atoms. The number of carbonyl (C=O) groups excluding carboxylic acids is 1. The molecule has 0 aromatic heterocycles. The second kappa shape index (κ2) is 8.90. The Bertz CT molecular complexity index is 893. The molecule has 2 aromatic carbocycles. The Labute approximate surface area is 160 Å². The molecule has 0 fully saturated rings. The molecule has 2 N–H and O–H groups in total. The molecule has 0 spiro atoms. The zero-order valence-electron chi connectivity index (χ0n) is 16.1. The molecule has 2 amide bonds. The molecule has 0 heterocycles. The number of sulfone groups is 1. The van der Waals surface area contributed by atoms with E-state index in [0.29, 0.717) is 13.2 Å². The minimum atomic E-state index is -3.23. The van der Waals surface area contributed by atoms with Crippen LogP contribution in [-0.2, 0) is 9.84 Å². The Morgan fingerprint density at radius 3 is 2.37 bits per heavy atom. The van der Waals surface area contributed by atoms with Crippen LogP contribution in [0, 0.1) is 13.8 Å². The van der Waals surface area contributed by atoms with Gasteiger partial charge in [0.2, 0.25) is 0 Å². The zero-order valence-corrected chi connectivity index (χ0v) is 16.9. The van der Waals surface area contributed by atoms with Crippen molar-refractivity contribution in [2.75, 3.05) is 19.4 Å². The number of ether oxygens (including phenoxy) is 1. The third-order valence-electron chi connectivity index (χ3n) is 4.13. The Kier molecular flexibility index (Phi) is 6.85. The standard InChI is InChI=1S/C20H26N2O4S/c1-14-5-10-19(15(2)13-14)26-12-11-21-20(23)22-16(3)17-6-8-18(9-7-17)27(4,24)25/h5-10,13,16H,11-12H2,1-4H3,(H2,21,22,23)/t16-/m0/s1. The molecule has 0 aliphatic heterocycles. The van der Waals surface area contributed by atoms with Gasteiger partial charge in [-0.05, 0) is 50.1 Å². The Morgan fingerprint density at radius 2 is 1.78 bits per heavy atom. The molecule has 2 aromatic rings. The van der Waals surface area contributed by atoms with Gasteiger partial charge in [0.25, 0.3) is 0 Å². The molecule has 0 aliphatic rings. The number of carbonyl (C=O) groups is 1. The van der Waals surface area contributed by atoms with Gasteiger partial charge in [-0.3, -0.25) is 0 Å². The van der Waals surface area contributed by atoms with Crippen molar-refractivity contribution in [2.45, 2.75) is 31.7 Å². The minimum absolute atomic E-state index is 0.251. The first kappa shape index (κ1) is 20.8. The van der Waals surface area contributed by atoms with Gasteiger partial charge in [-0.25, -0.2) is 13.2 Å². The molecule has 2 rings (SSSR count). The normalized spacial score (nSPS) is 12.3. The maximum Gasteiger partial charge on any atom is 0.315 e. The van der Waals surface area contributed by atoms with Crippen LogP contribution < -0.4 is 15.4 Å². The van der Waals surface area contributed by atoms with Crippen molar-refractivity contribution in [3.63, 3.8) is 0 Å². The van der Waals surface area contributed by atoms with Crippen molar-refractivity contribution in [3.8, 4) is 5.75 Å². The second-order valence-corrected chi connectivity index (χ2v) is 8.60. The molecule has 7 heteroatoms. The van der Waals surface area contributed by atoms with E-state index in [1.54, 1.807) is 24.3 Å². The molecule has 1 atom stereocenters. The average molecular weight is 391 g/mol. The molecule has 0 unspecified atom stereocenters. The molecule has 0 aliphatic carbocycles. The highest BCUT2D eigenvalue weighted by Crippen LogP contribution is 2.18. The fourth-order valence-corrected chi connectivity index (χ4v) is 3.25. The first-order valence-corrected chi connectivity index (χ1v) is 10.6. The summed E-state index contributed by atoms with van der Waals surface area (Å²) in [4.78, 5) is 12.3. The summed E-state index contributed by atoms with van der Waals surface area (Å²) in [5.41, 5.74) is 3.06. The first-order chi connectivity index (χ1) is 12.7. The van der Waals surface area contributed by atoms with Crippen LogP contribution in [0.15, 0.2) is 47.4 Å². The Hall–Kier alpha value is -2.54. The van der Waals surface area contributed by atoms with E-state index in [4.69, 9.17) is 4.74 Å². The van der Waals surface area contributed by atoms with E-state index in [2.05, 4.69) is 10.6 Å². The van der Waals surface area contributed by atoms with Crippen molar-refractivity contribution >= 4 is 15.9 Å². The largest absolute Gasteiger partial charge is 0.491 e. The summed E-state index contributed by atoms with van der Waals surface area (Å²) in [6.45, 7) is 6.59. The highest BCUT2D eigenvalue weighted by molar-refractivity contribution is 7.90. The van der Waals surface area contributed by atoms with Crippen molar-refractivity contribution in [3.05, 3.63) is 59.2 Å². The summed E-state index contributed by atoms with van der Waals surface area (Å²) in [6.07, 6.45) is 1.16. The lowest BCUT2D eigenvalue weighted by Gasteiger charge is -2.16. The van der Waals surface area contributed by atoms with Gasteiger partial charge >= 0.3 is 6.03 Å². The number of urea groups is 1. The third kappa shape index (κ3) is 6.29. The van der Waals surface area contributed by atoms with Crippen LogP contribution in [0.4, 0.5) is 4.79 Å². The molecule has 0 radical (unpaired) electrons. The lowest BCUT2D eigenvalue weighted by Crippen LogP contribution is -2.39. The number of hydrogen-bond acceptors (Lipinski definition) is 4. The monoisotopic (exact) mass is 390 g/mol. The predicted molar refractivity (Wildman–Crippen MR) is 106 cm³/mol. The van der Waals surface area contributed by atoms with Gasteiger partial charge in [0.1, 0.15) is 12.4 Å². The van der Waals surface area contributed by atoms with Crippen LogP contribution in [0.2, 0.25) is 0 Å². The minimum Gasteiger partial charge on any atom is -0.491 e. The van der Waals surface area contributed by atoms with E-state index < -0.39 is 9.84 Å². The summed E-state index contributed by atoms with van der Waals surface area (Å²) < 4.78 is 28.7. The lowest BCUT2D eigenvalue weighted by molar-refractivity contribution is 0.233. The van der Waals surface area contributed by atoms with E-state index in [9.17, 15) is 13.2 Å². The van der Waals surface area contributed by atoms with Gasteiger partial charge in [-0.2, -0.15) is 0 Å². The van der Waals surface area contributed by atoms with Crippen molar-refractivity contribution in [1.82, 2.24) is 10.6 Å². The van der Waals surface area contributed by atoms with Gasteiger partial charge in [-0.1, -0.05) is 29.8 Å². The first-order valence-electron chi connectivity index (χ1n) is 8.71. The SMILES string of the molecule is Cc1ccc(OCCNC(=O)N[C@@H](C)c2ccc(S(C)(=O)=O)cc2)c(C)c1. The summed E-state index contributed by atoms with van der Waals surface area (Å²) >= 11 is 0. The van der Waals surface area contributed by atoms with Crippen molar-refractivity contribution < 1.29 is 17.9 Å². The van der Waals surface area contributed by atoms with Crippen LogP contribution in [0.25, 0.3) is 0 Å². The smallest absolute Gasteiger partial charge is 0.315 e. The fraction of sp³-hybridized carbons (Fsp3) is 0.350. The lowest BCUT2D eigenvalue weighted by atomic mass is 10.1. The van der Waals surface area contributed by atoms with E-state index in [1.165, 1.54) is 5.56 Å². The predicted octanol–water partition coefficient (Wildman–Crippen LogP) is 3.15. The van der Waals surface area contributed by atoms with Crippen LogP contribution >= 0.6 is 0 Å². The summed E-state index contributed by atoms with van der Waals surface area (Å²) in [7, 11) is -3.23.